The van der Waals surface area contributed by atoms with E-state index in [1.165, 1.54) is 49.7 Å². The Bertz CT molecular complexity index is 1280. The molecule has 0 radical (unpaired) electrons. The first-order valence-corrected chi connectivity index (χ1v) is 19.6. The van der Waals surface area contributed by atoms with Crippen molar-refractivity contribution in [3.8, 4) is 0 Å². The molecule has 0 spiro atoms. The predicted molar refractivity (Wildman–Crippen MR) is 196 cm³/mol. The lowest BCUT2D eigenvalue weighted by Crippen LogP contribution is -2.36. The highest BCUT2D eigenvalue weighted by Gasteiger charge is 2.50. The van der Waals surface area contributed by atoms with Crippen LogP contribution in [-0.4, -0.2) is 71.9 Å². The van der Waals surface area contributed by atoms with Crippen molar-refractivity contribution in [2.75, 3.05) is 26.4 Å². The van der Waals surface area contributed by atoms with Crippen molar-refractivity contribution in [1.29, 1.82) is 0 Å². The van der Waals surface area contributed by atoms with Gasteiger partial charge in [0.1, 0.15) is 0 Å². The summed E-state index contributed by atoms with van der Waals surface area (Å²) in [5.74, 6) is 0.324. The smallest absolute Gasteiger partial charge is 0.335 e. The molecule has 3 aliphatic carbocycles. The topological polar surface area (TPSA) is 131 Å². The number of nitrogens with one attached hydrogen (secondary N) is 1. The lowest BCUT2D eigenvalue weighted by atomic mass is 9.60. The molecular formula is C41H64N2O8. The van der Waals surface area contributed by atoms with Gasteiger partial charge in [0.15, 0.2) is 0 Å². The second kappa shape index (κ2) is 19.3. The number of amides is 3. The first-order valence-electron chi connectivity index (χ1n) is 19.6. The fourth-order valence-corrected chi connectivity index (χ4v) is 8.83. The average molecular weight is 713 g/mol. The third-order valence-corrected chi connectivity index (χ3v) is 11.7. The van der Waals surface area contributed by atoms with Crippen LogP contribution < -0.4 is 5.32 Å². The molecule has 0 aromatic carbocycles. The first-order chi connectivity index (χ1) is 24.3. The number of nitrogens with zero attached hydrogens (tertiary/aromatic N) is 1. The van der Waals surface area contributed by atoms with E-state index in [4.69, 9.17) is 14.3 Å². The van der Waals surface area contributed by atoms with Crippen molar-refractivity contribution in [2.24, 2.45) is 23.2 Å². The zero-order valence-corrected chi connectivity index (χ0v) is 31.8. The number of aliphatic hydroxyl groups is 1. The summed E-state index contributed by atoms with van der Waals surface area (Å²) in [6, 6.07) is 0. The minimum Gasteiger partial charge on any atom is -0.390 e. The van der Waals surface area contributed by atoms with Gasteiger partial charge in [-0.25, -0.2) is 4.79 Å². The summed E-state index contributed by atoms with van der Waals surface area (Å²) in [5.41, 5.74) is 3.95. The van der Waals surface area contributed by atoms with Crippen LogP contribution in [0.5, 0.6) is 0 Å². The molecule has 1 aliphatic heterocycles. The lowest BCUT2D eigenvalue weighted by molar-refractivity contribution is -0.198. The van der Waals surface area contributed by atoms with E-state index in [0.29, 0.717) is 54.9 Å². The van der Waals surface area contributed by atoms with Crippen LogP contribution in [0.3, 0.4) is 0 Å². The molecule has 0 unspecified atom stereocenters. The third-order valence-electron chi connectivity index (χ3n) is 11.7. The van der Waals surface area contributed by atoms with E-state index < -0.39 is 23.4 Å². The van der Waals surface area contributed by atoms with Gasteiger partial charge in [0.2, 0.25) is 5.91 Å². The van der Waals surface area contributed by atoms with Crippen LogP contribution in [-0.2, 0) is 33.5 Å². The Labute approximate surface area is 305 Å². The van der Waals surface area contributed by atoms with Crippen molar-refractivity contribution in [1.82, 2.24) is 10.4 Å². The van der Waals surface area contributed by atoms with E-state index >= 15 is 0 Å². The number of hydrogen-bond acceptors (Lipinski definition) is 8. The molecule has 1 saturated heterocycles. The molecule has 10 nitrogen and oxygen atoms in total. The molecule has 0 aromatic rings. The summed E-state index contributed by atoms with van der Waals surface area (Å²) >= 11 is 0. The summed E-state index contributed by atoms with van der Waals surface area (Å²) in [6.45, 7) is 14.8. The standard InChI is InChI=1S/C41H64N2O8/c1-29-13-16-33(50-26-9-24-42-36(44)12-8-25-49-27-21-39(47)51-43-37(45)19-20-38(43)46)28-32(29)15-14-31-11-7-23-41(5)34(17-18-35(31)41)30(2)10-6-22-40(3,4)48/h14-15,30,33-35,48H,1,6-13,16-28H2,2-5H3,(H,42,44)/b31-14+,32-15-/t30-,33+,34-,35+,41-/m1/s1. The second-order valence-corrected chi connectivity index (χ2v) is 16.3. The molecule has 4 fully saturated rings. The number of imide groups is 1. The molecular weight excluding hydrogens is 648 g/mol. The summed E-state index contributed by atoms with van der Waals surface area (Å²) < 4.78 is 11.6. The molecule has 51 heavy (non-hydrogen) atoms. The fraction of sp³-hybridized carbons (Fsp3) is 0.756. The Morgan fingerprint density at radius 3 is 2.53 bits per heavy atom. The van der Waals surface area contributed by atoms with Gasteiger partial charge < -0.3 is 24.7 Å². The number of carbonyl (C=O) groups excluding carboxylic acids is 4. The molecule has 0 bridgehead atoms. The van der Waals surface area contributed by atoms with Crippen LogP contribution in [0.15, 0.2) is 35.5 Å². The van der Waals surface area contributed by atoms with Crippen LogP contribution in [0.1, 0.15) is 137 Å². The van der Waals surface area contributed by atoms with E-state index in [1.54, 1.807) is 5.57 Å². The van der Waals surface area contributed by atoms with Gasteiger partial charge in [-0.2, -0.15) is 0 Å². The molecule has 3 amide bonds. The minimum absolute atomic E-state index is 0.0520. The van der Waals surface area contributed by atoms with Crippen LogP contribution in [0.4, 0.5) is 0 Å². The second-order valence-electron chi connectivity index (χ2n) is 16.3. The van der Waals surface area contributed by atoms with Gasteiger partial charge in [0, 0.05) is 39.0 Å². The predicted octanol–water partition coefficient (Wildman–Crippen LogP) is 7.06. The number of ether oxygens (including phenoxy) is 2. The summed E-state index contributed by atoms with van der Waals surface area (Å²) in [6.07, 6.45) is 18.9. The van der Waals surface area contributed by atoms with E-state index in [2.05, 4.69) is 37.9 Å². The van der Waals surface area contributed by atoms with Gasteiger partial charge in [0.25, 0.3) is 11.8 Å². The van der Waals surface area contributed by atoms with E-state index in [1.807, 2.05) is 13.8 Å². The Morgan fingerprint density at radius 2 is 1.78 bits per heavy atom. The van der Waals surface area contributed by atoms with E-state index in [0.717, 1.165) is 44.4 Å². The van der Waals surface area contributed by atoms with Crippen LogP contribution in [0.25, 0.3) is 0 Å². The first kappa shape index (κ1) is 40.9. The highest BCUT2D eigenvalue weighted by Crippen LogP contribution is 2.60. The van der Waals surface area contributed by atoms with Gasteiger partial charge >= 0.3 is 5.97 Å². The molecule has 10 heteroatoms. The number of allylic oxidation sites excluding steroid dienone is 4. The maximum atomic E-state index is 12.2. The zero-order chi connectivity index (χ0) is 37.0. The number of rotatable bonds is 19. The molecule has 2 N–H and O–H groups in total. The van der Waals surface area contributed by atoms with Crippen molar-refractivity contribution in [3.05, 3.63) is 35.5 Å². The zero-order valence-electron chi connectivity index (χ0n) is 31.8. The Hall–Kier alpha value is -2.82. The molecule has 0 aromatic heterocycles. The molecule has 4 rings (SSSR count). The monoisotopic (exact) mass is 712 g/mol. The molecule has 4 aliphatic rings. The van der Waals surface area contributed by atoms with Gasteiger partial charge in [-0.05, 0) is 113 Å². The Kier molecular flexibility index (Phi) is 15.5. The Balaban J connectivity index is 1.10. The van der Waals surface area contributed by atoms with Crippen molar-refractivity contribution in [3.63, 3.8) is 0 Å². The van der Waals surface area contributed by atoms with Crippen molar-refractivity contribution >= 4 is 23.7 Å². The summed E-state index contributed by atoms with van der Waals surface area (Å²) in [4.78, 5) is 51.8. The number of carbonyl (C=O) groups is 4. The van der Waals surface area contributed by atoms with Crippen LogP contribution in [0, 0.1) is 23.2 Å². The number of fused-ring (bicyclic) bond motifs is 1. The molecule has 1 heterocycles. The van der Waals surface area contributed by atoms with Crippen LogP contribution in [0.2, 0.25) is 0 Å². The maximum absolute atomic E-state index is 12.2. The molecule has 286 valence electrons. The SMILES string of the molecule is C=C1CC[C@H](OCCCNC(=O)CCCOCCC(=O)ON2C(=O)CCC2=O)C/C1=C/C=C1\CCC[C@]2(C)[C@@H]([C@H](C)CCCC(C)(C)O)CC[C@@H]12. The fourth-order valence-electron chi connectivity index (χ4n) is 8.83. The normalized spacial score (nSPS) is 27.7. The number of hydroxylamine groups is 2. The quantitative estimate of drug-likeness (QED) is 0.108. The van der Waals surface area contributed by atoms with Crippen molar-refractivity contribution in [2.45, 2.75) is 149 Å². The van der Waals surface area contributed by atoms with Gasteiger partial charge in [0.05, 0.1) is 24.7 Å². The highest BCUT2D eigenvalue weighted by molar-refractivity contribution is 6.01. The van der Waals surface area contributed by atoms with Crippen molar-refractivity contribution < 1.29 is 38.6 Å². The van der Waals surface area contributed by atoms with E-state index in [9.17, 15) is 24.3 Å². The largest absolute Gasteiger partial charge is 0.390 e. The third kappa shape index (κ3) is 12.4. The summed E-state index contributed by atoms with van der Waals surface area (Å²) in [7, 11) is 0. The van der Waals surface area contributed by atoms with E-state index in [-0.39, 0.29) is 37.9 Å². The minimum atomic E-state index is -0.702. The maximum Gasteiger partial charge on any atom is 0.335 e. The highest BCUT2D eigenvalue weighted by atomic mass is 16.7. The molecule has 3 saturated carbocycles. The van der Waals surface area contributed by atoms with Crippen LogP contribution >= 0.6 is 0 Å². The van der Waals surface area contributed by atoms with Gasteiger partial charge in [-0.3, -0.25) is 14.4 Å². The van der Waals surface area contributed by atoms with Gasteiger partial charge in [-0.1, -0.05) is 56.6 Å². The Morgan fingerprint density at radius 1 is 1.02 bits per heavy atom. The lowest BCUT2D eigenvalue weighted by Gasteiger charge is -2.44. The molecule has 5 atom stereocenters. The summed E-state index contributed by atoms with van der Waals surface area (Å²) in [5, 5.41) is 13.6. The number of hydrogen-bond donors (Lipinski definition) is 2. The van der Waals surface area contributed by atoms with Gasteiger partial charge in [-0.15, -0.1) is 5.06 Å². The average Bonchev–Trinajstić information content (AvgIpc) is 3.59.